The Balaban J connectivity index is 1.51. The first-order valence-corrected chi connectivity index (χ1v) is 11.5. The van der Waals surface area contributed by atoms with E-state index in [0.29, 0.717) is 17.9 Å². The first-order chi connectivity index (χ1) is 13.2. The van der Waals surface area contributed by atoms with E-state index in [4.69, 9.17) is 9.47 Å². The second-order valence-corrected chi connectivity index (χ2v) is 9.26. The Morgan fingerprint density at radius 1 is 1.19 bits per heavy atom. The molecule has 0 saturated heterocycles. The van der Waals surface area contributed by atoms with Crippen LogP contribution in [0, 0.1) is 11.8 Å². The molecule has 5 heteroatoms. The van der Waals surface area contributed by atoms with Crippen LogP contribution in [-0.2, 0) is 0 Å². The molecular weight excluding hydrogens is 374 g/mol. The number of benzene rings is 2. The first kappa shape index (κ1) is 20.4. The van der Waals surface area contributed by atoms with Crippen molar-refractivity contribution in [1.29, 1.82) is 0 Å². The summed E-state index contributed by atoms with van der Waals surface area (Å²) in [6, 6.07) is 17.0. The van der Waals surface area contributed by atoms with E-state index < -0.39 is 0 Å². The third kappa shape index (κ3) is 5.84. The van der Waals surface area contributed by atoms with E-state index >= 15 is 0 Å². The smallest absolute Gasteiger partial charge is 0.132 e. The molecule has 1 heterocycles. The molecule has 0 unspecified atom stereocenters. The zero-order valence-electron chi connectivity index (χ0n) is 16.3. The van der Waals surface area contributed by atoms with Crippen LogP contribution < -0.4 is 14.8 Å². The Morgan fingerprint density at radius 2 is 1.96 bits per heavy atom. The topological polar surface area (TPSA) is 30.5 Å². The Bertz CT molecular complexity index is 696. The molecule has 3 nitrogen and oxygen atoms in total. The van der Waals surface area contributed by atoms with Gasteiger partial charge >= 0.3 is 0 Å². The molecule has 2 aromatic rings. The van der Waals surface area contributed by atoms with E-state index in [1.807, 2.05) is 41.7 Å². The molecule has 0 amide bonds. The third-order valence-electron chi connectivity index (χ3n) is 4.86. The summed E-state index contributed by atoms with van der Waals surface area (Å²) in [5.74, 6) is 5.31. The molecule has 0 fully saturated rings. The highest BCUT2D eigenvalue weighted by atomic mass is 32.2. The van der Waals surface area contributed by atoms with Gasteiger partial charge in [-0.3, -0.25) is 0 Å². The average Bonchev–Trinajstić information content (AvgIpc) is 2.90. The van der Waals surface area contributed by atoms with Crippen molar-refractivity contribution in [3.8, 4) is 11.5 Å². The van der Waals surface area contributed by atoms with E-state index in [2.05, 4.69) is 49.5 Å². The van der Waals surface area contributed by atoms with Gasteiger partial charge in [-0.15, -0.1) is 23.5 Å². The number of methoxy groups -OCH3 is 1. The second kappa shape index (κ2) is 10.3. The van der Waals surface area contributed by atoms with E-state index in [-0.39, 0.29) is 0 Å². The van der Waals surface area contributed by atoms with Crippen molar-refractivity contribution in [1.82, 2.24) is 5.32 Å². The van der Waals surface area contributed by atoms with Gasteiger partial charge in [0.25, 0.3) is 0 Å². The molecular formula is C22H29NO2S2. The molecule has 1 aliphatic rings. The van der Waals surface area contributed by atoms with Crippen LogP contribution in [-0.4, -0.2) is 37.8 Å². The standard InChI is InChI=1S/C22H29NO2S2/c1-16(2)17(14-26-21-10-6-4-8-19(21)24-3)12-23-18-13-25-20-9-5-7-11-22(20)27-15-18/h4-11,16-18,23H,12-15H2,1-3H3/t17-,18-/m1/s1. The van der Waals surface area contributed by atoms with Crippen molar-refractivity contribution >= 4 is 23.5 Å². The molecule has 0 radical (unpaired) electrons. The SMILES string of the molecule is COc1ccccc1SC[C@@H](CN[C@@H]1COc2ccccc2SC1)C(C)C. The number of para-hydroxylation sites is 2. The highest BCUT2D eigenvalue weighted by Crippen LogP contribution is 2.33. The van der Waals surface area contributed by atoms with Gasteiger partial charge in [0.2, 0.25) is 0 Å². The summed E-state index contributed by atoms with van der Waals surface area (Å²) in [5, 5.41) is 3.75. The van der Waals surface area contributed by atoms with Crippen LogP contribution in [0.15, 0.2) is 58.3 Å². The lowest BCUT2D eigenvalue weighted by Gasteiger charge is -2.24. The number of ether oxygens (including phenoxy) is 2. The van der Waals surface area contributed by atoms with E-state index in [9.17, 15) is 0 Å². The van der Waals surface area contributed by atoms with Crippen molar-refractivity contribution in [2.24, 2.45) is 11.8 Å². The minimum absolute atomic E-state index is 0.375. The Morgan fingerprint density at radius 3 is 2.78 bits per heavy atom. The molecule has 1 N–H and O–H groups in total. The fourth-order valence-corrected chi connectivity index (χ4v) is 5.38. The maximum Gasteiger partial charge on any atom is 0.132 e. The summed E-state index contributed by atoms with van der Waals surface area (Å²) < 4.78 is 11.5. The number of nitrogens with one attached hydrogen (secondary N) is 1. The molecule has 0 aromatic heterocycles. The van der Waals surface area contributed by atoms with Gasteiger partial charge in [-0.2, -0.15) is 0 Å². The molecule has 27 heavy (non-hydrogen) atoms. The van der Waals surface area contributed by atoms with Crippen LogP contribution in [0.3, 0.4) is 0 Å². The second-order valence-electron chi connectivity index (χ2n) is 7.14. The highest BCUT2D eigenvalue weighted by molar-refractivity contribution is 7.99. The van der Waals surface area contributed by atoms with Crippen LogP contribution >= 0.6 is 23.5 Å². The van der Waals surface area contributed by atoms with Crippen molar-refractivity contribution in [2.75, 3.05) is 31.8 Å². The summed E-state index contributed by atoms with van der Waals surface area (Å²) in [4.78, 5) is 2.46. The summed E-state index contributed by atoms with van der Waals surface area (Å²) in [7, 11) is 1.74. The van der Waals surface area contributed by atoms with Crippen LogP contribution in [0.4, 0.5) is 0 Å². The van der Waals surface area contributed by atoms with Crippen molar-refractivity contribution in [2.45, 2.75) is 29.7 Å². The molecule has 0 spiro atoms. The average molecular weight is 404 g/mol. The number of thioether (sulfide) groups is 2. The summed E-state index contributed by atoms with van der Waals surface area (Å²) in [5.41, 5.74) is 0. The number of rotatable bonds is 8. The number of hydrogen-bond acceptors (Lipinski definition) is 5. The normalized spacial score (nSPS) is 17.7. The fraction of sp³-hybridized carbons (Fsp3) is 0.455. The lowest BCUT2D eigenvalue weighted by molar-refractivity contribution is 0.263. The van der Waals surface area contributed by atoms with Gasteiger partial charge in [-0.05, 0) is 42.6 Å². The summed E-state index contributed by atoms with van der Waals surface area (Å²) in [6.07, 6.45) is 0. The van der Waals surface area contributed by atoms with Gasteiger partial charge in [0, 0.05) is 21.3 Å². The lowest BCUT2D eigenvalue weighted by Crippen LogP contribution is -2.40. The van der Waals surface area contributed by atoms with Crippen LogP contribution in [0.5, 0.6) is 11.5 Å². The number of fused-ring (bicyclic) bond motifs is 1. The van der Waals surface area contributed by atoms with Gasteiger partial charge < -0.3 is 14.8 Å². The zero-order chi connectivity index (χ0) is 19.1. The largest absolute Gasteiger partial charge is 0.496 e. The summed E-state index contributed by atoms with van der Waals surface area (Å²) >= 11 is 3.77. The van der Waals surface area contributed by atoms with Crippen molar-refractivity contribution < 1.29 is 9.47 Å². The third-order valence-corrected chi connectivity index (χ3v) is 7.32. The Hall–Kier alpha value is -1.30. The maximum atomic E-state index is 6.01. The number of hydrogen-bond donors (Lipinski definition) is 1. The van der Waals surface area contributed by atoms with Gasteiger partial charge in [0.15, 0.2) is 0 Å². The molecule has 146 valence electrons. The van der Waals surface area contributed by atoms with Crippen molar-refractivity contribution in [3.05, 3.63) is 48.5 Å². The first-order valence-electron chi connectivity index (χ1n) is 9.51. The monoisotopic (exact) mass is 403 g/mol. The van der Waals surface area contributed by atoms with E-state index in [1.165, 1.54) is 9.79 Å². The molecule has 0 bridgehead atoms. The molecule has 3 rings (SSSR count). The fourth-order valence-electron chi connectivity index (χ4n) is 2.98. The van der Waals surface area contributed by atoms with Crippen LogP contribution in [0.2, 0.25) is 0 Å². The highest BCUT2D eigenvalue weighted by Gasteiger charge is 2.20. The molecule has 0 saturated carbocycles. The van der Waals surface area contributed by atoms with Gasteiger partial charge in [-0.25, -0.2) is 0 Å². The predicted molar refractivity (Wildman–Crippen MR) is 116 cm³/mol. The maximum absolute atomic E-state index is 6.01. The lowest BCUT2D eigenvalue weighted by atomic mass is 9.98. The predicted octanol–water partition coefficient (Wildman–Crippen LogP) is 5.20. The van der Waals surface area contributed by atoms with Crippen LogP contribution in [0.25, 0.3) is 0 Å². The Labute approximate surface area is 171 Å². The van der Waals surface area contributed by atoms with E-state index in [1.54, 1.807) is 7.11 Å². The quantitative estimate of drug-likeness (QED) is 0.612. The molecule has 2 atom stereocenters. The van der Waals surface area contributed by atoms with Gasteiger partial charge in [-0.1, -0.05) is 38.1 Å². The Kier molecular flexibility index (Phi) is 7.80. The van der Waals surface area contributed by atoms with Crippen molar-refractivity contribution in [3.63, 3.8) is 0 Å². The summed E-state index contributed by atoms with van der Waals surface area (Å²) in [6.45, 7) is 6.35. The van der Waals surface area contributed by atoms with Gasteiger partial charge in [0.05, 0.1) is 13.2 Å². The zero-order valence-corrected chi connectivity index (χ0v) is 17.9. The van der Waals surface area contributed by atoms with Gasteiger partial charge in [0.1, 0.15) is 18.1 Å². The molecule has 0 aliphatic carbocycles. The molecule has 1 aliphatic heterocycles. The van der Waals surface area contributed by atoms with E-state index in [0.717, 1.165) is 36.2 Å². The van der Waals surface area contributed by atoms with Crippen LogP contribution in [0.1, 0.15) is 13.8 Å². The minimum Gasteiger partial charge on any atom is -0.496 e. The molecule has 2 aromatic carbocycles. The minimum atomic E-state index is 0.375.